The van der Waals surface area contributed by atoms with Gasteiger partial charge in [0.25, 0.3) is 5.91 Å². The molecule has 0 bridgehead atoms. The molecule has 3 N–H and O–H groups in total. The van der Waals surface area contributed by atoms with Gasteiger partial charge in [-0.3, -0.25) is 19.9 Å². The summed E-state index contributed by atoms with van der Waals surface area (Å²) in [6.07, 6.45) is 8.96. The molecular weight excluding hydrogens is 402 g/mol. The molecule has 2 aromatic rings. The van der Waals surface area contributed by atoms with E-state index >= 15 is 0 Å². The summed E-state index contributed by atoms with van der Waals surface area (Å²) in [5.74, 6) is 0.390. The van der Waals surface area contributed by atoms with Crippen LogP contribution in [0.15, 0.2) is 60.3 Å². The van der Waals surface area contributed by atoms with Gasteiger partial charge in [0.1, 0.15) is 0 Å². The molecule has 0 saturated carbocycles. The zero-order valence-corrected chi connectivity index (χ0v) is 18.1. The summed E-state index contributed by atoms with van der Waals surface area (Å²) in [6.45, 7) is 5.03. The number of aromatic nitrogens is 1. The van der Waals surface area contributed by atoms with Crippen LogP contribution in [0.4, 0.5) is 0 Å². The summed E-state index contributed by atoms with van der Waals surface area (Å²) in [6, 6.07) is 9.70. The van der Waals surface area contributed by atoms with Crippen LogP contribution in [0, 0.1) is 5.92 Å². The molecule has 0 radical (unpaired) electrons. The fourth-order valence-corrected chi connectivity index (χ4v) is 5.12. The molecule has 1 amide bonds. The highest BCUT2D eigenvalue weighted by Crippen LogP contribution is 2.36. The van der Waals surface area contributed by atoms with E-state index in [1.165, 1.54) is 5.57 Å². The van der Waals surface area contributed by atoms with Crippen molar-refractivity contribution >= 4 is 22.6 Å². The third-order valence-corrected chi connectivity index (χ3v) is 6.96. The lowest BCUT2D eigenvalue weighted by atomic mass is 9.73. The number of amides is 1. The van der Waals surface area contributed by atoms with Crippen LogP contribution in [0.3, 0.4) is 0 Å². The van der Waals surface area contributed by atoms with Gasteiger partial charge in [-0.05, 0) is 30.2 Å². The van der Waals surface area contributed by atoms with Crippen LogP contribution in [-0.4, -0.2) is 66.5 Å². The smallest absolute Gasteiger partial charge is 0.252 e. The van der Waals surface area contributed by atoms with E-state index in [-0.39, 0.29) is 17.2 Å². The summed E-state index contributed by atoms with van der Waals surface area (Å²) in [7, 11) is 0. The zero-order chi connectivity index (χ0) is 22.0. The second kappa shape index (κ2) is 8.94. The number of piperidine rings is 1. The molecule has 1 aromatic carbocycles. The molecule has 3 heterocycles. The van der Waals surface area contributed by atoms with Crippen molar-refractivity contribution in [3.8, 4) is 0 Å². The molecule has 2 saturated heterocycles. The number of rotatable bonds is 5. The Morgan fingerprint density at radius 1 is 1.28 bits per heavy atom. The Morgan fingerprint density at radius 3 is 3.00 bits per heavy atom. The molecule has 2 atom stereocenters. The average molecular weight is 432 g/mol. The Kier molecular flexibility index (Phi) is 5.87. The largest absolute Gasteiger partial charge is 0.351 e. The maximum absolute atomic E-state index is 12.6. The third kappa shape index (κ3) is 4.24. The number of hydrogen-bond donors (Lipinski definition) is 3. The Hall–Kier alpha value is -2.87. The number of para-hydroxylation sites is 1. The summed E-state index contributed by atoms with van der Waals surface area (Å²) in [5.41, 5.74) is 2.76. The fourth-order valence-electron chi connectivity index (χ4n) is 5.12. The van der Waals surface area contributed by atoms with Gasteiger partial charge < -0.3 is 15.5 Å². The van der Waals surface area contributed by atoms with Gasteiger partial charge in [0.05, 0.1) is 11.1 Å². The Morgan fingerprint density at radius 2 is 2.19 bits per heavy atom. The number of likely N-dealkylation sites (tertiary alicyclic amines) is 1. The number of fused-ring (bicyclic) bond motifs is 1. The van der Waals surface area contributed by atoms with Gasteiger partial charge in [0.2, 0.25) is 0 Å². The molecule has 1 aliphatic carbocycles. The standard InChI is InChI=1S/C25H29N5O2/c31-21-7-5-18(6-8-21)22-15-30(11-9-25(22)16-26-17-29-25)12-10-27-24(32)20-13-19-3-1-2-4-23(19)28-14-20/h1-7,13-14,22,26,29H,8-12,15-17H2,(H,27,32). The van der Waals surface area contributed by atoms with E-state index in [2.05, 4.69) is 31.9 Å². The molecule has 7 nitrogen and oxygen atoms in total. The van der Waals surface area contributed by atoms with Crippen molar-refractivity contribution in [3.05, 3.63) is 65.9 Å². The number of carbonyl (C=O) groups is 2. The van der Waals surface area contributed by atoms with Crippen LogP contribution < -0.4 is 16.0 Å². The summed E-state index contributed by atoms with van der Waals surface area (Å²) >= 11 is 0. The predicted molar refractivity (Wildman–Crippen MR) is 124 cm³/mol. The second-order valence-electron chi connectivity index (χ2n) is 8.92. The van der Waals surface area contributed by atoms with E-state index in [4.69, 9.17) is 0 Å². The van der Waals surface area contributed by atoms with Gasteiger partial charge in [0.15, 0.2) is 5.78 Å². The van der Waals surface area contributed by atoms with E-state index in [0.29, 0.717) is 24.4 Å². The predicted octanol–water partition coefficient (Wildman–Crippen LogP) is 1.63. The van der Waals surface area contributed by atoms with Gasteiger partial charge in [-0.1, -0.05) is 30.4 Å². The first-order valence-electron chi connectivity index (χ1n) is 11.4. The van der Waals surface area contributed by atoms with Crippen molar-refractivity contribution in [2.45, 2.75) is 18.4 Å². The van der Waals surface area contributed by atoms with Crippen LogP contribution in [0.5, 0.6) is 0 Å². The van der Waals surface area contributed by atoms with E-state index in [1.54, 1.807) is 12.3 Å². The number of pyridine rings is 1. The molecule has 2 aliphatic heterocycles. The SMILES string of the molecule is O=C1C=CC(C2CN(CCNC(=O)c3cnc4ccccc4c3)CCC23CNCN3)=CC1. The van der Waals surface area contributed by atoms with Crippen molar-refractivity contribution < 1.29 is 9.59 Å². The second-order valence-corrected chi connectivity index (χ2v) is 8.92. The van der Waals surface area contributed by atoms with Crippen LogP contribution >= 0.6 is 0 Å². The van der Waals surface area contributed by atoms with Gasteiger partial charge in [-0.25, -0.2) is 0 Å². The quantitative estimate of drug-likeness (QED) is 0.667. The van der Waals surface area contributed by atoms with E-state index in [9.17, 15) is 9.59 Å². The minimum absolute atomic E-state index is 0.0348. The summed E-state index contributed by atoms with van der Waals surface area (Å²) in [4.78, 5) is 31.1. The van der Waals surface area contributed by atoms with Gasteiger partial charge in [-0.2, -0.15) is 0 Å². The average Bonchev–Trinajstić information content (AvgIpc) is 3.29. The van der Waals surface area contributed by atoms with E-state index in [1.807, 2.05) is 36.4 Å². The molecule has 3 aliphatic rings. The molecule has 166 valence electrons. The normalized spacial score (nSPS) is 25.9. The Balaban J connectivity index is 1.20. The van der Waals surface area contributed by atoms with Crippen LogP contribution in [-0.2, 0) is 4.79 Å². The molecule has 32 heavy (non-hydrogen) atoms. The molecule has 1 aromatic heterocycles. The summed E-state index contributed by atoms with van der Waals surface area (Å²) < 4.78 is 0. The molecule has 5 rings (SSSR count). The van der Waals surface area contributed by atoms with Crippen LogP contribution in [0.1, 0.15) is 23.2 Å². The lowest BCUT2D eigenvalue weighted by molar-refractivity contribution is -0.113. The zero-order valence-electron chi connectivity index (χ0n) is 18.1. The molecular formula is C25H29N5O2. The topological polar surface area (TPSA) is 86.4 Å². The van der Waals surface area contributed by atoms with Crippen molar-refractivity contribution in [1.29, 1.82) is 0 Å². The van der Waals surface area contributed by atoms with E-state index in [0.717, 1.165) is 50.2 Å². The fraction of sp³-hybridized carbons (Fsp3) is 0.400. The number of benzene rings is 1. The molecule has 2 fully saturated rings. The Labute approximate surface area is 188 Å². The lowest BCUT2D eigenvalue weighted by Gasteiger charge is -2.46. The van der Waals surface area contributed by atoms with Crippen LogP contribution in [0.2, 0.25) is 0 Å². The van der Waals surface area contributed by atoms with Crippen molar-refractivity contribution in [1.82, 2.24) is 25.8 Å². The first kappa shape index (κ1) is 21.0. The number of ketones is 1. The minimum atomic E-state index is -0.0913. The Bertz CT molecular complexity index is 1090. The minimum Gasteiger partial charge on any atom is -0.351 e. The number of allylic oxidation sites excluding steroid dienone is 3. The first-order valence-corrected chi connectivity index (χ1v) is 11.4. The molecule has 7 heteroatoms. The third-order valence-electron chi connectivity index (χ3n) is 6.96. The monoisotopic (exact) mass is 431 g/mol. The highest BCUT2D eigenvalue weighted by atomic mass is 16.1. The van der Waals surface area contributed by atoms with E-state index < -0.39 is 0 Å². The van der Waals surface area contributed by atoms with Gasteiger partial charge in [-0.15, -0.1) is 0 Å². The molecule has 1 spiro atoms. The number of carbonyl (C=O) groups excluding carboxylic acids is 2. The maximum Gasteiger partial charge on any atom is 0.252 e. The van der Waals surface area contributed by atoms with Crippen LogP contribution in [0.25, 0.3) is 10.9 Å². The lowest BCUT2D eigenvalue weighted by Crippen LogP contribution is -2.60. The van der Waals surface area contributed by atoms with Crippen molar-refractivity contribution in [3.63, 3.8) is 0 Å². The van der Waals surface area contributed by atoms with Gasteiger partial charge >= 0.3 is 0 Å². The summed E-state index contributed by atoms with van der Waals surface area (Å²) in [5, 5.41) is 11.2. The maximum atomic E-state index is 12.6. The van der Waals surface area contributed by atoms with Crippen molar-refractivity contribution in [2.75, 3.05) is 39.4 Å². The first-order chi connectivity index (χ1) is 15.6. The molecule has 2 unspecified atom stereocenters. The highest BCUT2D eigenvalue weighted by Gasteiger charge is 2.45. The number of hydrogen-bond acceptors (Lipinski definition) is 6. The van der Waals surface area contributed by atoms with Crippen molar-refractivity contribution in [2.24, 2.45) is 5.92 Å². The number of nitrogens with one attached hydrogen (secondary N) is 3. The number of nitrogens with zero attached hydrogens (tertiary/aromatic N) is 2. The highest BCUT2D eigenvalue weighted by molar-refractivity contribution is 5.97. The van der Waals surface area contributed by atoms with Gasteiger partial charge in [0, 0.05) is 68.9 Å².